The molecule has 3 heteroatoms. The number of aryl methyl sites for hydroxylation is 1. The van der Waals surface area contributed by atoms with E-state index < -0.39 is 0 Å². The summed E-state index contributed by atoms with van der Waals surface area (Å²) in [4.78, 5) is 4.13. The van der Waals surface area contributed by atoms with Crippen LogP contribution in [-0.4, -0.2) is 12.1 Å². The molecular weight excluding hydrogens is 212 g/mol. The molecule has 2 N–H and O–H groups in total. The number of benzene rings is 1. The van der Waals surface area contributed by atoms with Gasteiger partial charge in [0.2, 0.25) is 0 Å². The molecule has 0 aliphatic carbocycles. The summed E-state index contributed by atoms with van der Waals surface area (Å²) in [5.74, 6) is 1.47. The monoisotopic (exact) mass is 228 g/mol. The summed E-state index contributed by atoms with van der Waals surface area (Å²) in [5.41, 5.74) is 9.32. The molecule has 0 bridgehead atoms. The van der Waals surface area contributed by atoms with Crippen LogP contribution in [0.2, 0.25) is 0 Å². The standard InChI is InChI=1S/C14H16N2O/c1-10-6-7-16-14(15)13(10)9-11-4-3-5-12(8-11)17-2/h3-8H,9H2,1-2H3,(H2,15,16). The summed E-state index contributed by atoms with van der Waals surface area (Å²) >= 11 is 0. The number of aromatic nitrogens is 1. The van der Waals surface area contributed by atoms with E-state index in [9.17, 15) is 0 Å². The lowest BCUT2D eigenvalue weighted by Crippen LogP contribution is -2.01. The molecule has 1 heterocycles. The SMILES string of the molecule is COc1cccc(Cc2c(C)ccnc2N)c1. The third kappa shape index (κ3) is 2.56. The molecule has 1 aromatic heterocycles. The van der Waals surface area contributed by atoms with Gasteiger partial charge < -0.3 is 10.5 Å². The summed E-state index contributed by atoms with van der Waals surface area (Å²) in [5, 5.41) is 0. The van der Waals surface area contributed by atoms with Crippen molar-refractivity contribution in [3.05, 3.63) is 53.2 Å². The number of rotatable bonds is 3. The normalized spacial score (nSPS) is 10.2. The van der Waals surface area contributed by atoms with Crippen molar-refractivity contribution >= 4 is 5.82 Å². The Morgan fingerprint density at radius 3 is 2.82 bits per heavy atom. The van der Waals surface area contributed by atoms with Crippen LogP contribution in [0.25, 0.3) is 0 Å². The van der Waals surface area contributed by atoms with Gasteiger partial charge in [0.25, 0.3) is 0 Å². The molecule has 2 rings (SSSR count). The van der Waals surface area contributed by atoms with Gasteiger partial charge in [0.1, 0.15) is 11.6 Å². The maximum absolute atomic E-state index is 5.90. The fourth-order valence-corrected chi connectivity index (χ4v) is 1.83. The number of ether oxygens (including phenoxy) is 1. The molecule has 2 aromatic rings. The summed E-state index contributed by atoms with van der Waals surface area (Å²) in [7, 11) is 1.67. The zero-order chi connectivity index (χ0) is 12.3. The quantitative estimate of drug-likeness (QED) is 0.878. The van der Waals surface area contributed by atoms with Gasteiger partial charge in [-0.25, -0.2) is 4.98 Å². The Morgan fingerprint density at radius 2 is 2.12 bits per heavy atom. The first-order valence-corrected chi connectivity index (χ1v) is 5.53. The molecule has 3 nitrogen and oxygen atoms in total. The lowest BCUT2D eigenvalue weighted by molar-refractivity contribution is 0.414. The van der Waals surface area contributed by atoms with Crippen LogP contribution in [0, 0.1) is 6.92 Å². The fourth-order valence-electron chi connectivity index (χ4n) is 1.83. The minimum Gasteiger partial charge on any atom is -0.497 e. The average molecular weight is 228 g/mol. The minimum absolute atomic E-state index is 0.604. The summed E-state index contributed by atoms with van der Waals surface area (Å²) in [6.07, 6.45) is 2.52. The maximum atomic E-state index is 5.90. The molecule has 0 unspecified atom stereocenters. The highest BCUT2D eigenvalue weighted by atomic mass is 16.5. The van der Waals surface area contributed by atoms with Crippen LogP contribution in [0.3, 0.4) is 0 Å². The van der Waals surface area contributed by atoms with E-state index in [0.717, 1.165) is 17.7 Å². The topological polar surface area (TPSA) is 48.1 Å². The van der Waals surface area contributed by atoms with E-state index in [-0.39, 0.29) is 0 Å². The van der Waals surface area contributed by atoms with Crippen LogP contribution in [-0.2, 0) is 6.42 Å². The second kappa shape index (κ2) is 4.87. The largest absolute Gasteiger partial charge is 0.497 e. The molecule has 0 radical (unpaired) electrons. The Morgan fingerprint density at radius 1 is 1.29 bits per heavy atom. The molecule has 17 heavy (non-hydrogen) atoms. The number of nitrogens with zero attached hydrogens (tertiary/aromatic N) is 1. The van der Waals surface area contributed by atoms with E-state index in [2.05, 4.69) is 11.1 Å². The van der Waals surface area contributed by atoms with Gasteiger partial charge in [0, 0.05) is 18.2 Å². The third-order valence-corrected chi connectivity index (χ3v) is 2.84. The molecule has 88 valence electrons. The van der Waals surface area contributed by atoms with E-state index in [1.165, 1.54) is 11.1 Å². The van der Waals surface area contributed by atoms with Crippen LogP contribution in [0.4, 0.5) is 5.82 Å². The molecule has 0 spiro atoms. The first-order chi connectivity index (χ1) is 8.20. The van der Waals surface area contributed by atoms with E-state index in [4.69, 9.17) is 10.5 Å². The molecule has 0 atom stereocenters. The summed E-state index contributed by atoms with van der Waals surface area (Å²) in [6.45, 7) is 2.05. The number of nitrogens with two attached hydrogens (primary N) is 1. The Balaban J connectivity index is 2.31. The maximum Gasteiger partial charge on any atom is 0.127 e. The number of pyridine rings is 1. The Hall–Kier alpha value is -2.03. The fraction of sp³-hybridized carbons (Fsp3) is 0.214. The lowest BCUT2D eigenvalue weighted by atomic mass is 10.0. The molecule has 0 saturated carbocycles. The first-order valence-electron chi connectivity index (χ1n) is 5.53. The van der Waals surface area contributed by atoms with Gasteiger partial charge in [-0.05, 0) is 36.2 Å². The van der Waals surface area contributed by atoms with E-state index >= 15 is 0 Å². The zero-order valence-electron chi connectivity index (χ0n) is 10.1. The van der Waals surface area contributed by atoms with Crippen molar-refractivity contribution in [1.82, 2.24) is 4.98 Å². The molecular formula is C14H16N2O. The van der Waals surface area contributed by atoms with Crippen molar-refractivity contribution in [3.63, 3.8) is 0 Å². The molecule has 0 aliphatic heterocycles. The van der Waals surface area contributed by atoms with E-state index in [1.807, 2.05) is 31.2 Å². The van der Waals surface area contributed by atoms with Crippen LogP contribution < -0.4 is 10.5 Å². The van der Waals surface area contributed by atoms with Crippen LogP contribution in [0.15, 0.2) is 36.5 Å². The molecule has 1 aromatic carbocycles. The van der Waals surface area contributed by atoms with Crippen LogP contribution in [0.5, 0.6) is 5.75 Å². The number of hydrogen-bond acceptors (Lipinski definition) is 3. The van der Waals surface area contributed by atoms with Gasteiger partial charge in [0.15, 0.2) is 0 Å². The Kier molecular flexibility index (Phi) is 3.28. The van der Waals surface area contributed by atoms with E-state index in [1.54, 1.807) is 13.3 Å². The average Bonchev–Trinajstić information content (AvgIpc) is 2.34. The molecule has 0 aliphatic rings. The van der Waals surface area contributed by atoms with Crippen molar-refractivity contribution in [2.24, 2.45) is 0 Å². The van der Waals surface area contributed by atoms with Gasteiger partial charge in [-0.3, -0.25) is 0 Å². The summed E-state index contributed by atoms with van der Waals surface area (Å²) < 4.78 is 5.21. The second-order valence-corrected chi connectivity index (χ2v) is 4.02. The first kappa shape index (κ1) is 11.5. The highest BCUT2D eigenvalue weighted by Gasteiger charge is 2.05. The Labute approximate surface area is 101 Å². The number of methoxy groups -OCH3 is 1. The smallest absolute Gasteiger partial charge is 0.127 e. The van der Waals surface area contributed by atoms with Crippen molar-refractivity contribution in [2.75, 3.05) is 12.8 Å². The van der Waals surface area contributed by atoms with Gasteiger partial charge in [-0.2, -0.15) is 0 Å². The highest BCUT2D eigenvalue weighted by molar-refractivity contribution is 5.47. The molecule has 0 amide bonds. The second-order valence-electron chi connectivity index (χ2n) is 4.02. The number of anilines is 1. The van der Waals surface area contributed by atoms with E-state index in [0.29, 0.717) is 5.82 Å². The molecule has 0 saturated heterocycles. The van der Waals surface area contributed by atoms with Crippen molar-refractivity contribution in [2.45, 2.75) is 13.3 Å². The zero-order valence-corrected chi connectivity index (χ0v) is 10.1. The predicted molar refractivity (Wildman–Crippen MR) is 69.2 cm³/mol. The lowest BCUT2D eigenvalue weighted by Gasteiger charge is -2.09. The van der Waals surface area contributed by atoms with Gasteiger partial charge in [0.05, 0.1) is 7.11 Å². The number of nitrogen functional groups attached to an aromatic ring is 1. The van der Waals surface area contributed by atoms with Crippen molar-refractivity contribution in [1.29, 1.82) is 0 Å². The minimum atomic E-state index is 0.604. The van der Waals surface area contributed by atoms with Gasteiger partial charge in [-0.1, -0.05) is 12.1 Å². The van der Waals surface area contributed by atoms with Gasteiger partial charge in [-0.15, -0.1) is 0 Å². The molecule has 0 fully saturated rings. The Bertz CT molecular complexity index is 503. The van der Waals surface area contributed by atoms with Crippen molar-refractivity contribution in [3.8, 4) is 5.75 Å². The van der Waals surface area contributed by atoms with Gasteiger partial charge >= 0.3 is 0 Å². The van der Waals surface area contributed by atoms with Crippen LogP contribution in [0.1, 0.15) is 16.7 Å². The number of hydrogen-bond donors (Lipinski definition) is 1. The highest BCUT2D eigenvalue weighted by Crippen LogP contribution is 2.20. The third-order valence-electron chi connectivity index (χ3n) is 2.84. The van der Waals surface area contributed by atoms with Crippen molar-refractivity contribution < 1.29 is 4.74 Å². The predicted octanol–water partition coefficient (Wildman–Crippen LogP) is 2.57. The van der Waals surface area contributed by atoms with Crippen LogP contribution >= 0.6 is 0 Å². The summed E-state index contributed by atoms with van der Waals surface area (Å²) in [6, 6.07) is 9.98.